The first-order chi connectivity index (χ1) is 18.4. The van der Waals surface area contributed by atoms with Crippen molar-refractivity contribution in [2.24, 2.45) is 11.8 Å². The van der Waals surface area contributed by atoms with E-state index in [2.05, 4.69) is 39.5 Å². The molecular weight excluding hydrogens is 492 g/mol. The van der Waals surface area contributed by atoms with E-state index >= 15 is 0 Å². The first kappa shape index (κ1) is 26.2. The molecule has 1 aromatic heterocycles. The van der Waals surface area contributed by atoms with Crippen LogP contribution in [0.15, 0.2) is 71.8 Å². The molecule has 1 N–H and O–H groups in total. The smallest absolute Gasteiger partial charge is 0.175 e. The highest BCUT2D eigenvalue weighted by Gasteiger charge is 2.30. The molecule has 0 amide bonds. The van der Waals surface area contributed by atoms with E-state index in [9.17, 15) is 8.42 Å². The zero-order chi connectivity index (χ0) is 26.5. The highest BCUT2D eigenvalue weighted by atomic mass is 32.2. The molecule has 1 saturated carbocycles. The average Bonchev–Trinajstić information content (AvgIpc) is 2.94. The molecule has 6 nitrogen and oxygen atoms in total. The van der Waals surface area contributed by atoms with Crippen molar-refractivity contribution in [3.63, 3.8) is 0 Å². The fourth-order valence-corrected chi connectivity index (χ4v) is 6.75. The minimum atomic E-state index is -3.21. The number of nitrogens with zero attached hydrogens (tertiary/aromatic N) is 3. The molecule has 0 bridgehead atoms. The molecule has 2 aliphatic rings. The van der Waals surface area contributed by atoms with Gasteiger partial charge in [0.05, 0.1) is 16.5 Å². The average molecular weight is 529 g/mol. The van der Waals surface area contributed by atoms with Crippen LogP contribution in [0.4, 0.5) is 11.5 Å². The van der Waals surface area contributed by atoms with Gasteiger partial charge >= 0.3 is 0 Å². The van der Waals surface area contributed by atoms with Crippen molar-refractivity contribution in [1.82, 2.24) is 4.98 Å². The third-order valence-electron chi connectivity index (χ3n) is 8.13. The second-order valence-electron chi connectivity index (χ2n) is 10.9. The Bertz CT molecular complexity index is 1380. The van der Waals surface area contributed by atoms with Crippen LogP contribution in [-0.4, -0.2) is 38.8 Å². The number of rotatable bonds is 7. The van der Waals surface area contributed by atoms with Crippen molar-refractivity contribution >= 4 is 21.3 Å². The van der Waals surface area contributed by atoms with Crippen molar-refractivity contribution in [1.29, 1.82) is 5.26 Å². The monoisotopic (exact) mass is 528 g/mol. The summed E-state index contributed by atoms with van der Waals surface area (Å²) in [5.41, 5.74) is 3.94. The second kappa shape index (κ2) is 11.6. The topological polar surface area (TPSA) is 86.1 Å². The summed E-state index contributed by atoms with van der Waals surface area (Å²) in [5, 5.41) is 12.9. The number of nitriles is 1. The third-order valence-corrected chi connectivity index (χ3v) is 9.26. The Morgan fingerprint density at radius 3 is 2.47 bits per heavy atom. The Morgan fingerprint density at radius 2 is 1.74 bits per heavy atom. The first-order valence-corrected chi connectivity index (χ1v) is 15.6. The van der Waals surface area contributed by atoms with Crippen LogP contribution in [0.3, 0.4) is 0 Å². The van der Waals surface area contributed by atoms with Crippen LogP contribution in [0, 0.1) is 23.2 Å². The van der Waals surface area contributed by atoms with E-state index in [1.807, 2.05) is 36.5 Å². The maximum Gasteiger partial charge on any atom is 0.175 e. The number of anilines is 2. The van der Waals surface area contributed by atoms with E-state index in [4.69, 9.17) is 5.26 Å². The summed E-state index contributed by atoms with van der Waals surface area (Å²) in [5.74, 6) is 2.17. The number of aromatic nitrogens is 1. The fraction of sp³-hybridized carbons (Fsp3) is 0.419. The van der Waals surface area contributed by atoms with Gasteiger partial charge in [-0.05, 0) is 104 Å². The van der Waals surface area contributed by atoms with Crippen molar-refractivity contribution in [2.45, 2.75) is 55.9 Å². The van der Waals surface area contributed by atoms with Crippen LogP contribution in [0.25, 0.3) is 11.1 Å². The number of piperidine rings is 1. The molecule has 2 heterocycles. The largest absolute Gasteiger partial charge is 0.371 e. The third kappa shape index (κ3) is 6.36. The highest BCUT2D eigenvalue weighted by Crippen LogP contribution is 2.35. The second-order valence-corrected chi connectivity index (χ2v) is 12.9. The van der Waals surface area contributed by atoms with Gasteiger partial charge in [0.25, 0.3) is 0 Å². The van der Waals surface area contributed by atoms with Gasteiger partial charge in [0, 0.05) is 37.3 Å². The van der Waals surface area contributed by atoms with Gasteiger partial charge < -0.3 is 10.2 Å². The zero-order valence-corrected chi connectivity index (χ0v) is 22.8. The number of hydrogen-bond acceptors (Lipinski definition) is 6. The van der Waals surface area contributed by atoms with Crippen molar-refractivity contribution in [3.05, 3.63) is 72.4 Å². The van der Waals surface area contributed by atoms with Gasteiger partial charge in [-0.1, -0.05) is 25.0 Å². The van der Waals surface area contributed by atoms with E-state index in [1.54, 1.807) is 12.1 Å². The SMILES string of the molecule is CS(=O)(=O)c1ccc(-c2ccnc(N[C@@H]3CCCC[C@H]3C[C@H]3CCCN(c4ccc(C#N)cc4)C3)c2)cc1. The van der Waals surface area contributed by atoms with Crippen LogP contribution in [0.5, 0.6) is 0 Å². The maximum atomic E-state index is 11.8. The Kier molecular flexibility index (Phi) is 7.99. The minimum absolute atomic E-state index is 0.333. The van der Waals surface area contributed by atoms with Crippen LogP contribution in [0.1, 0.15) is 50.5 Å². The van der Waals surface area contributed by atoms with Crippen LogP contribution < -0.4 is 10.2 Å². The normalized spacial score (nSPS) is 22.0. The van der Waals surface area contributed by atoms with Crippen molar-refractivity contribution in [3.8, 4) is 17.2 Å². The zero-order valence-electron chi connectivity index (χ0n) is 22.0. The van der Waals surface area contributed by atoms with E-state index in [0.717, 1.165) is 36.5 Å². The predicted octanol–water partition coefficient (Wildman–Crippen LogP) is 6.30. The van der Waals surface area contributed by atoms with Gasteiger partial charge in [-0.2, -0.15) is 5.26 Å². The van der Waals surface area contributed by atoms with Crippen molar-refractivity contribution < 1.29 is 8.42 Å². The lowest BCUT2D eigenvalue weighted by atomic mass is 9.77. The van der Waals surface area contributed by atoms with Crippen LogP contribution in [0.2, 0.25) is 0 Å². The Hall–Kier alpha value is -3.37. The summed E-state index contributed by atoms with van der Waals surface area (Å²) in [6.45, 7) is 2.16. The number of pyridine rings is 1. The molecule has 2 fully saturated rings. The lowest BCUT2D eigenvalue weighted by Crippen LogP contribution is -2.39. The number of sulfone groups is 1. The van der Waals surface area contributed by atoms with Gasteiger partial charge in [0.15, 0.2) is 9.84 Å². The summed E-state index contributed by atoms with van der Waals surface area (Å²) >= 11 is 0. The van der Waals surface area contributed by atoms with Gasteiger partial charge in [-0.25, -0.2) is 13.4 Å². The lowest BCUT2D eigenvalue weighted by molar-refractivity contribution is 0.247. The molecule has 0 radical (unpaired) electrons. The lowest BCUT2D eigenvalue weighted by Gasteiger charge is -2.39. The number of hydrogen-bond donors (Lipinski definition) is 1. The molecule has 5 rings (SSSR count). The van der Waals surface area contributed by atoms with E-state index in [0.29, 0.717) is 28.3 Å². The van der Waals surface area contributed by atoms with Gasteiger partial charge in [0.1, 0.15) is 5.82 Å². The van der Waals surface area contributed by atoms with Crippen LogP contribution >= 0.6 is 0 Å². The summed E-state index contributed by atoms with van der Waals surface area (Å²) < 4.78 is 23.6. The van der Waals surface area contributed by atoms with E-state index in [1.165, 1.54) is 50.5 Å². The standard InChI is InChI=1S/C31H36N4O2S/c1-38(36,37)29-14-10-25(11-15-29)26-16-17-33-31(20-26)34-30-7-3-2-6-27(30)19-24-5-4-18-35(22-24)28-12-8-23(21-32)9-13-28/h8-17,20,24,27,30H,2-7,18-19,22H2,1H3,(H,33,34)/t24-,27+,30-/m1/s1. The molecule has 38 heavy (non-hydrogen) atoms. The Labute approximate surface area is 226 Å². The molecule has 1 aliphatic heterocycles. The molecule has 2 aromatic carbocycles. The quantitative estimate of drug-likeness (QED) is 0.387. The molecule has 198 valence electrons. The van der Waals surface area contributed by atoms with Crippen molar-refractivity contribution in [2.75, 3.05) is 29.6 Å². The summed E-state index contributed by atoms with van der Waals surface area (Å²) in [6.07, 6.45) is 11.7. The molecule has 1 aliphatic carbocycles. The maximum absolute atomic E-state index is 11.8. The first-order valence-electron chi connectivity index (χ1n) is 13.7. The molecule has 3 atom stereocenters. The fourth-order valence-electron chi connectivity index (χ4n) is 6.12. The van der Waals surface area contributed by atoms with E-state index in [-0.39, 0.29) is 0 Å². The molecule has 3 aromatic rings. The molecule has 1 saturated heterocycles. The Morgan fingerprint density at radius 1 is 0.974 bits per heavy atom. The molecule has 0 unspecified atom stereocenters. The molecular formula is C31H36N4O2S. The van der Waals surface area contributed by atoms with E-state index < -0.39 is 9.84 Å². The van der Waals surface area contributed by atoms with Gasteiger partial charge in [0.2, 0.25) is 0 Å². The minimum Gasteiger partial charge on any atom is -0.371 e. The number of benzene rings is 2. The predicted molar refractivity (Wildman–Crippen MR) is 153 cm³/mol. The summed E-state index contributed by atoms with van der Waals surface area (Å²) in [4.78, 5) is 7.44. The Balaban J connectivity index is 1.24. The summed E-state index contributed by atoms with van der Waals surface area (Å²) in [7, 11) is -3.21. The van der Waals surface area contributed by atoms with Crippen LogP contribution in [-0.2, 0) is 9.84 Å². The highest BCUT2D eigenvalue weighted by molar-refractivity contribution is 7.90. The number of nitrogens with one attached hydrogen (secondary N) is 1. The van der Waals surface area contributed by atoms with Gasteiger partial charge in [-0.3, -0.25) is 0 Å². The van der Waals surface area contributed by atoms with Gasteiger partial charge in [-0.15, -0.1) is 0 Å². The summed E-state index contributed by atoms with van der Waals surface area (Å²) in [6, 6.07) is 21.7. The molecule has 7 heteroatoms. The molecule has 0 spiro atoms.